The minimum atomic E-state index is -0.510. The van der Waals surface area contributed by atoms with Gasteiger partial charge in [-0.2, -0.15) is 5.10 Å². The van der Waals surface area contributed by atoms with Gasteiger partial charge in [0, 0.05) is 17.2 Å². The minimum absolute atomic E-state index is 0.0875. The number of thiophene rings is 1. The van der Waals surface area contributed by atoms with Crippen molar-refractivity contribution in [2.45, 2.75) is 13.8 Å². The van der Waals surface area contributed by atoms with E-state index in [1.165, 1.54) is 23.5 Å². The molecule has 6 nitrogen and oxygen atoms in total. The number of nitro benzene ring substituents is 1. The summed E-state index contributed by atoms with van der Waals surface area (Å²) in [6.07, 6.45) is 0. The zero-order valence-corrected chi connectivity index (χ0v) is 14.2. The van der Waals surface area contributed by atoms with E-state index in [4.69, 9.17) is 0 Å². The maximum atomic E-state index is 12.0. The number of amides is 1. The van der Waals surface area contributed by atoms with Crippen LogP contribution in [0.4, 0.5) is 5.69 Å². The van der Waals surface area contributed by atoms with E-state index in [0.29, 0.717) is 11.3 Å². The standard InChI is InChI=1S/C14H12BrN3O3S/c1-8-3-4-10(7-11(8)18(20)21)14(19)17-16-9(2)12-5-6-13(15)22-12/h3-7H,1-2H3,(H,17,19)/b16-9+. The molecule has 0 aliphatic carbocycles. The van der Waals surface area contributed by atoms with Crippen molar-refractivity contribution in [1.82, 2.24) is 5.43 Å². The largest absolute Gasteiger partial charge is 0.273 e. The average molecular weight is 382 g/mol. The van der Waals surface area contributed by atoms with Crippen LogP contribution in [0, 0.1) is 17.0 Å². The van der Waals surface area contributed by atoms with Gasteiger partial charge >= 0.3 is 0 Å². The van der Waals surface area contributed by atoms with Gasteiger partial charge in [-0.3, -0.25) is 14.9 Å². The molecule has 0 saturated carbocycles. The second kappa shape index (κ2) is 6.80. The predicted molar refractivity (Wildman–Crippen MR) is 89.5 cm³/mol. The van der Waals surface area contributed by atoms with Crippen LogP contribution in [0.5, 0.6) is 0 Å². The molecule has 0 aliphatic rings. The summed E-state index contributed by atoms with van der Waals surface area (Å²) in [7, 11) is 0. The Morgan fingerprint density at radius 3 is 2.68 bits per heavy atom. The number of rotatable bonds is 4. The highest BCUT2D eigenvalue weighted by Crippen LogP contribution is 2.22. The second-order valence-corrected chi connectivity index (χ2v) is 6.96. The zero-order chi connectivity index (χ0) is 16.3. The van der Waals surface area contributed by atoms with E-state index >= 15 is 0 Å². The molecule has 0 radical (unpaired) electrons. The van der Waals surface area contributed by atoms with E-state index in [1.807, 2.05) is 12.1 Å². The van der Waals surface area contributed by atoms with E-state index in [9.17, 15) is 14.9 Å². The van der Waals surface area contributed by atoms with Crippen molar-refractivity contribution >= 4 is 44.6 Å². The van der Waals surface area contributed by atoms with Crippen LogP contribution in [0.15, 0.2) is 39.2 Å². The van der Waals surface area contributed by atoms with Gasteiger partial charge in [0.1, 0.15) is 0 Å². The van der Waals surface area contributed by atoms with Crippen molar-refractivity contribution in [2.24, 2.45) is 5.10 Å². The number of nitro groups is 1. The van der Waals surface area contributed by atoms with Crippen molar-refractivity contribution in [3.63, 3.8) is 0 Å². The van der Waals surface area contributed by atoms with Gasteiger partial charge in [0.15, 0.2) is 0 Å². The summed E-state index contributed by atoms with van der Waals surface area (Å²) in [5.74, 6) is -0.488. The molecule has 0 atom stereocenters. The van der Waals surface area contributed by atoms with Crippen LogP contribution in [0.3, 0.4) is 0 Å². The highest BCUT2D eigenvalue weighted by molar-refractivity contribution is 9.11. The number of hydrazone groups is 1. The minimum Gasteiger partial charge on any atom is -0.267 e. The van der Waals surface area contributed by atoms with E-state index in [2.05, 4.69) is 26.5 Å². The summed E-state index contributed by atoms with van der Waals surface area (Å²) in [6, 6.07) is 8.10. The van der Waals surface area contributed by atoms with E-state index in [-0.39, 0.29) is 11.3 Å². The normalized spacial score (nSPS) is 11.3. The molecule has 0 saturated heterocycles. The SMILES string of the molecule is C/C(=N\NC(=O)c1ccc(C)c([N+](=O)[O-])c1)c1ccc(Br)s1. The Morgan fingerprint density at radius 1 is 1.36 bits per heavy atom. The number of nitrogens with zero attached hydrogens (tertiary/aromatic N) is 2. The lowest BCUT2D eigenvalue weighted by Crippen LogP contribution is -2.19. The Morgan fingerprint density at radius 2 is 2.09 bits per heavy atom. The molecule has 114 valence electrons. The third-order valence-electron chi connectivity index (χ3n) is 2.92. The highest BCUT2D eigenvalue weighted by Gasteiger charge is 2.14. The predicted octanol–water partition coefficient (Wildman–Crippen LogP) is 3.88. The molecule has 0 unspecified atom stereocenters. The molecular formula is C14H12BrN3O3S. The topological polar surface area (TPSA) is 84.6 Å². The molecule has 0 spiro atoms. The second-order valence-electron chi connectivity index (χ2n) is 4.50. The van der Waals surface area contributed by atoms with Gasteiger partial charge < -0.3 is 0 Å². The Bertz CT molecular complexity index is 770. The van der Waals surface area contributed by atoms with Crippen molar-refractivity contribution < 1.29 is 9.72 Å². The summed E-state index contributed by atoms with van der Waals surface area (Å²) in [5.41, 5.74) is 3.68. The monoisotopic (exact) mass is 381 g/mol. The summed E-state index contributed by atoms with van der Waals surface area (Å²) < 4.78 is 0.970. The third kappa shape index (κ3) is 3.77. The fourth-order valence-electron chi connectivity index (χ4n) is 1.71. The summed E-state index contributed by atoms with van der Waals surface area (Å²) >= 11 is 4.85. The van der Waals surface area contributed by atoms with Crippen molar-refractivity contribution in [2.75, 3.05) is 0 Å². The number of benzene rings is 1. The van der Waals surface area contributed by atoms with Gasteiger partial charge in [-0.05, 0) is 48.0 Å². The molecule has 22 heavy (non-hydrogen) atoms. The van der Waals surface area contributed by atoms with Crippen LogP contribution < -0.4 is 5.43 Å². The molecule has 8 heteroatoms. The molecular weight excluding hydrogens is 370 g/mol. The first-order chi connectivity index (χ1) is 10.4. The average Bonchev–Trinajstić information content (AvgIpc) is 2.91. The molecule has 0 bridgehead atoms. The van der Waals surface area contributed by atoms with E-state index < -0.39 is 10.8 Å². The molecule has 2 rings (SSSR count). The van der Waals surface area contributed by atoms with Gasteiger partial charge in [0.25, 0.3) is 11.6 Å². The molecule has 0 aliphatic heterocycles. The van der Waals surface area contributed by atoms with Crippen LogP contribution in [0.25, 0.3) is 0 Å². The van der Waals surface area contributed by atoms with Crippen molar-refractivity contribution in [3.8, 4) is 0 Å². The number of nitrogens with one attached hydrogen (secondary N) is 1. The lowest BCUT2D eigenvalue weighted by atomic mass is 10.1. The Balaban J connectivity index is 2.16. The molecule has 1 aromatic carbocycles. The molecule has 2 aromatic rings. The van der Waals surface area contributed by atoms with Gasteiger partial charge in [0.05, 0.1) is 19.3 Å². The maximum Gasteiger partial charge on any atom is 0.273 e. The van der Waals surface area contributed by atoms with E-state index in [0.717, 1.165) is 8.66 Å². The molecule has 1 aromatic heterocycles. The van der Waals surface area contributed by atoms with E-state index in [1.54, 1.807) is 19.9 Å². The molecule has 0 fully saturated rings. The zero-order valence-electron chi connectivity index (χ0n) is 11.8. The maximum absolute atomic E-state index is 12.0. The summed E-state index contributed by atoms with van der Waals surface area (Å²) in [6.45, 7) is 3.40. The summed E-state index contributed by atoms with van der Waals surface area (Å²) in [5, 5.41) is 14.9. The highest BCUT2D eigenvalue weighted by atomic mass is 79.9. The first-order valence-electron chi connectivity index (χ1n) is 6.24. The van der Waals surface area contributed by atoms with Gasteiger partial charge in [-0.25, -0.2) is 5.43 Å². The van der Waals surface area contributed by atoms with Gasteiger partial charge in [-0.15, -0.1) is 11.3 Å². The Hall–Kier alpha value is -2.06. The number of aryl methyl sites for hydroxylation is 1. The fourth-order valence-corrected chi connectivity index (χ4v) is 3.04. The van der Waals surface area contributed by atoms with Crippen LogP contribution in [-0.2, 0) is 0 Å². The number of hydrogen-bond donors (Lipinski definition) is 1. The lowest BCUT2D eigenvalue weighted by Gasteiger charge is -2.03. The Kier molecular flexibility index (Phi) is 5.04. The first-order valence-corrected chi connectivity index (χ1v) is 7.85. The summed E-state index contributed by atoms with van der Waals surface area (Å²) in [4.78, 5) is 23.3. The van der Waals surface area contributed by atoms with Gasteiger partial charge in [0.2, 0.25) is 0 Å². The van der Waals surface area contributed by atoms with Crippen LogP contribution in [0.1, 0.15) is 27.7 Å². The first kappa shape index (κ1) is 16.3. The smallest absolute Gasteiger partial charge is 0.267 e. The molecule has 1 amide bonds. The Labute approximate surface area is 139 Å². The quantitative estimate of drug-likeness (QED) is 0.495. The van der Waals surface area contributed by atoms with Crippen LogP contribution >= 0.6 is 27.3 Å². The number of carbonyl (C=O) groups is 1. The number of hydrogen-bond acceptors (Lipinski definition) is 5. The van der Waals surface area contributed by atoms with Crippen LogP contribution in [-0.4, -0.2) is 16.5 Å². The lowest BCUT2D eigenvalue weighted by molar-refractivity contribution is -0.385. The third-order valence-corrected chi connectivity index (χ3v) is 4.66. The molecule has 1 heterocycles. The van der Waals surface area contributed by atoms with Crippen molar-refractivity contribution in [1.29, 1.82) is 0 Å². The van der Waals surface area contributed by atoms with Crippen LogP contribution in [0.2, 0.25) is 0 Å². The molecule has 1 N–H and O–H groups in total. The number of carbonyl (C=O) groups excluding carboxylic acids is 1. The number of halogens is 1. The van der Waals surface area contributed by atoms with Gasteiger partial charge in [-0.1, -0.05) is 6.07 Å². The van der Waals surface area contributed by atoms with Crippen molar-refractivity contribution in [3.05, 3.63) is 60.2 Å². The fraction of sp³-hybridized carbons (Fsp3) is 0.143.